The highest BCUT2D eigenvalue weighted by molar-refractivity contribution is 7.46. The monoisotopic (exact) mass is 630 g/mol. The van der Waals surface area contributed by atoms with E-state index < -0.39 is 45.1 Å². The second kappa shape index (κ2) is 28.3. The average molecular weight is 631 g/mol. The van der Waals surface area contributed by atoms with E-state index in [4.69, 9.17) is 19.3 Å². The fraction of sp³-hybridized carbons (Fsp3) is 1.00. The lowest BCUT2D eigenvalue weighted by Gasteiger charge is -2.41. The predicted molar refractivity (Wildman–Crippen MR) is 169 cm³/mol. The molecule has 0 saturated carbocycles. The van der Waals surface area contributed by atoms with E-state index in [2.05, 4.69) is 62.8 Å². The number of aliphatic hydroxyl groups excluding tert-OH is 3. The summed E-state index contributed by atoms with van der Waals surface area (Å²) in [5, 5.41) is 29.6. The Hall–Kier alpha value is -0.170. The van der Waals surface area contributed by atoms with Crippen LogP contribution in [0.2, 0.25) is 0 Å². The third-order valence-electron chi connectivity index (χ3n) is 7.55. The van der Waals surface area contributed by atoms with Crippen LogP contribution in [0.3, 0.4) is 0 Å². The molecule has 0 aliphatic carbocycles. The molecule has 0 spiro atoms. The van der Waals surface area contributed by atoms with Gasteiger partial charge in [0.25, 0.3) is 0 Å². The summed E-state index contributed by atoms with van der Waals surface area (Å²) in [6.07, 6.45) is 4.63. The lowest BCUT2D eigenvalue weighted by molar-refractivity contribution is -0.288. The topological polar surface area (TPSA) is 152 Å². The number of phosphoric ester groups is 1. The van der Waals surface area contributed by atoms with E-state index in [1.165, 1.54) is 84.2 Å². The van der Waals surface area contributed by atoms with Crippen LogP contribution in [0.4, 0.5) is 0 Å². The minimum atomic E-state index is -4.92. The van der Waals surface area contributed by atoms with Gasteiger partial charge in [0.15, 0.2) is 6.29 Å². The van der Waals surface area contributed by atoms with E-state index >= 15 is 0 Å². The van der Waals surface area contributed by atoms with E-state index in [9.17, 15) is 19.9 Å². The standard InChI is InChI=1S/C18H37O9P.2C6H15N/c1-2-3-4-5-6-7-8-9-10-11-12-25-17-15(20)14(13-19)26-18(16(17)21)27-28(22,23)24;2*1-4-7(5-2)6-3/h14-21H,2-13H2,1H3,(H2,22,23,24);2*4-6H2,1-3H3/t14-,15-,16-,17+,18-;;/m1../s1. The van der Waals surface area contributed by atoms with Crippen molar-refractivity contribution < 1.29 is 43.7 Å². The summed E-state index contributed by atoms with van der Waals surface area (Å²) >= 11 is 0. The van der Waals surface area contributed by atoms with Gasteiger partial charge in [0.05, 0.1) is 6.61 Å². The molecule has 42 heavy (non-hydrogen) atoms. The molecule has 1 saturated heterocycles. The van der Waals surface area contributed by atoms with E-state index in [-0.39, 0.29) is 6.61 Å². The Morgan fingerprint density at radius 3 is 1.40 bits per heavy atom. The largest absolute Gasteiger partial charge is 0.472 e. The zero-order valence-corrected chi connectivity index (χ0v) is 28.7. The van der Waals surface area contributed by atoms with Gasteiger partial charge < -0.3 is 44.4 Å². The first kappa shape index (κ1) is 44.0. The van der Waals surface area contributed by atoms with Gasteiger partial charge in [-0.25, -0.2) is 4.57 Å². The summed E-state index contributed by atoms with van der Waals surface area (Å²) in [4.78, 5) is 22.6. The lowest BCUT2D eigenvalue weighted by atomic mass is 9.99. The Labute approximate surface area is 257 Å². The third kappa shape index (κ3) is 22.4. The maximum absolute atomic E-state index is 11.0. The molecule has 0 amide bonds. The van der Waals surface area contributed by atoms with E-state index in [0.29, 0.717) is 0 Å². The number of aliphatic hydroxyl groups is 3. The first-order chi connectivity index (χ1) is 20.0. The van der Waals surface area contributed by atoms with Crippen LogP contribution in [0.15, 0.2) is 0 Å². The average Bonchev–Trinajstić information content (AvgIpc) is 2.96. The second-order valence-electron chi connectivity index (χ2n) is 10.6. The molecule has 5 atom stereocenters. The van der Waals surface area contributed by atoms with Gasteiger partial charge in [0.1, 0.15) is 24.4 Å². The van der Waals surface area contributed by atoms with Crippen LogP contribution < -0.4 is 0 Å². The highest BCUT2D eigenvalue weighted by atomic mass is 31.2. The van der Waals surface area contributed by atoms with Crippen LogP contribution in [-0.4, -0.2) is 118 Å². The lowest BCUT2D eigenvalue weighted by Crippen LogP contribution is -2.59. The molecule has 1 aliphatic heterocycles. The van der Waals surface area contributed by atoms with Crippen LogP contribution in [0.5, 0.6) is 0 Å². The number of hydrogen-bond donors (Lipinski definition) is 5. The van der Waals surface area contributed by atoms with Gasteiger partial charge in [0, 0.05) is 6.61 Å². The van der Waals surface area contributed by atoms with Crippen molar-refractivity contribution >= 4 is 7.82 Å². The van der Waals surface area contributed by atoms with Crippen LogP contribution in [0.25, 0.3) is 0 Å². The maximum atomic E-state index is 11.0. The number of unbranched alkanes of at least 4 members (excludes halogenated alkanes) is 9. The fourth-order valence-electron chi connectivity index (χ4n) is 4.62. The highest BCUT2D eigenvalue weighted by Gasteiger charge is 2.47. The minimum Gasteiger partial charge on any atom is -0.394 e. The Morgan fingerprint density at radius 1 is 0.667 bits per heavy atom. The fourth-order valence-corrected chi connectivity index (χ4v) is 5.07. The zero-order valence-electron chi connectivity index (χ0n) is 27.8. The summed E-state index contributed by atoms with van der Waals surface area (Å²) < 4.78 is 26.0. The van der Waals surface area contributed by atoms with E-state index in [1.54, 1.807) is 0 Å². The second-order valence-corrected chi connectivity index (χ2v) is 11.8. The Kier molecular flexibility index (Phi) is 29.6. The van der Waals surface area contributed by atoms with Crippen LogP contribution >= 0.6 is 7.82 Å². The highest BCUT2D eigenvalue weighted by Crippen LogP contribution is 2.41. The summed E-state index contributed by atoms with van der Waals surface area (Å²) in [6, 6.07) is 0. The molecule has 256 valence electrons. The predicted octanol–water partition coefficient (Wildman–Crippen LogP) is 4.54. The van der Waals surface area contributed by atoms with Gasteiger partial charge in [-0.15, -0.1) is 0 Å². The van der Waals surface area contributed by atoms with Crippen molar-refractivity contribution in [1.29, 1.82) is 0 Å². The molecular weight excluding hydrogens is 563 g/mol. The molecule has 1 rings (SSSR count). The van der Waals surface area contributed by atoms with Crippen molar-refractivity contribution in [3.63, 3.8) is 0 Å². The Bertz CT molecular complexity index is 599. The van der Waals surface area contributed by atoms with Gasteiger partial charge >= 0.3 is 7.82 Å². The number of ether oxygens (including phenoxy) is 2. The van der Waals surface area contributed by atoms with Crippen molar-refractivity contribution in [2.24, 2.45) is 0 Å². The van der Waals surface area contributed by atoms with Crippen LogP contribution in [-0.2, 0) is 18.6 Å². The molecule has 0 aromatic heterocycles. The van der Waals surface area contributed by atoms with Crippen molar-refractivity contribution in [2.45, 2.75) is 143 Å². The van der Waals surface area contributed by atoms with Crippen molar-refractivity contribution in [3.8, 4) is 0 Å². The third-order valence-corrected chi connectivity index (χ3v) is 8.04. The van der Waals surface area contributed by atoms with E-state index in [1.807, 2.05) is 0 Å². The van der Waals surface area contributed by atoms with Crippen molar-refractivity contribution in [3.05, 3.63) is 0 Å². The number of hydrogen-bond acceptors (Lipinski definition) is 9. The summed E-state index contributed by atoms with van der Waals surface area (Å²) in [7, 11) is -4.92. The Balaban J connectivity index is 0. The summed E-state index contributed by atoms with van der Waals surface area (Å²) in [5.41, 5.74) is 0. The van der Waals surface area contributed by atoms with Crippen molar-refractivity contribution in [1.82, 2.24) is 9.80 Å². The normalized spacial score (nSPS) is 22.5. The first-order valence-corrected chi connectivity index (χ1v) is 17.9. The SMILES string of the molecule is CCCCCCCCCCCCO[C@@H]1[C@@H](O)[C@@H](OP(=O)(O)O)O[C@H](CO)[C@H]1O.CCN(CC)CC.CCN(CC)CC. The molecule has 0 bridgehead atoms. The zero-order chi connectivity index (χ0) is 32.4. The number of nitrogens with zero attached hydrogens (tertiary/aromatic N) is 2. The minimum absolute atomic E-state index is 0.274. The van der Waals surface area contributed by atoms with Gasteiger partial charge in [-0.05, 0) is 45.7 Å². The molecule has 1 fully saturated rings. The number of phosphoric acid groups is 1. The van der Waals surface area contributed by atoms with Crippen molar-refractivity contribution in [2.75, 3.05) is 52.5 Å². The molecular formula is C30H67N2O9P. The van der Waals surface area contributed by atoms with Gasteiger partial charge in [-0.1, -0.05) is 106 Å². The number of rotatable bonds is 21. The summed E-state index contributed by atoms with van der Waals surface area (Å²) in [5.74, 6) is 0. The Morgan fingerprint density at radius 2 is 1.07 bits per heavy atom. The first-order valence-electron chi connectivity index (χ1n) is 16.4. The molecule has 12 heteroatoms. The van der Waals surface area contributed by atoms with E-state index in [0.717, 1.165) is 19.3 Å². The van der Waals surface area contributed by atoms with Gasteiger partial charge in [-0.3, -0.25) is 4.52 Å². The molecule has 1 heterocycles. The molecule has 0 aromatic rings. The quantitative estimate of drug-likeness (QED) is 0.0898. The maximum Gasteiger partial charge on any atom is 0.472 e. The molecule has 1 aliphatic rings. The van der Waals surface area contributed by atoms with Crippen LogP contribution in [0.1, 0.15) is 113 Å². The van der Waals surface area contributed by atoms with Gasteiger partial charge in [-0.2, -0.15) is 0 Å². The smallest absolute Gasteiger partial charge is 0.394 e. The summed E-state index contributed by atoms with van der Waals surface area (Å²) in [6.45, 7) is 22.1. The molecule has 11 nitrogen and oxygen atoms in total. The molecule has 0 unspecified atom stereocenters. The van der Waals surface area contributed by atoms with Crippen LogP contribution in [0, 0.1) is 0 Å². The molecule has 5 N–H and O–H groups in total. The van der Waals surface area contributed by atoms with Gasteiger partial charge in [0.2, 0.25) is 0 Å². The molecule has 0 radical (unpaired) electrons. The molecule has 0 aromatic carbocycles.